The lowest BCUT2D eigenvalue weighted by Crippen LogP contribution is -2.33. The molecule has 2 amide bonds. The maximum atomic E-state index is 13.1. The van der Waals surface area contributed by atoms with E-state index in [1.165, 1.54) is 4.90 Å². The molecule has 4 atom stereocenters. The van der Waals surface area contributed by atoms with Gasteiger partial charge in [-0.25, -0.2) is 9.69 Å². The van der Waals surface area contributed by atoms with Gasteiger partial charge in [-0.2, -0.15) is 0 Å². The lowest BCUT2D eigenvalue weighted by Gasteiger charge is -2.20. The number of para-hydroxylation sites is 2. The fraction of sp³-hybridized carbons (Fsp3) is 0.318. The Morgan fingerprint density at radius 1 is 0.929 bits per heavy atom. The van der Waals surface area contributed by atoms with E-state index in [-0.39, 0.29) is 40.0 Å². The quantitative estimate of drug-likeness (QED) is 0.446. The SMILES string of the molecule is O=C(Oc1ccccc1N1C(=O)[C@@H]2[C@@H]3CC[C@@H](C3)[C@@H]2C1=O)c1ccccc1Cl. The molecule has 1 heterocycles. The van der Waals surface area contributed by atoms with Crippen LogP contribution >= 0.6 is 11.6 Å². The standard InChI is InChI=1S/C22H18ClNO4/c23-15-6-2-1-5-14(15)22(27)28-17-8-4-3-7-16(17)24-20(25)18-12-9-10-13(11-12)19(18)21(24)26/h1-8,12-13,18-19H,9-11H2/t12-,13+,18-,19+. The van der Waals surface area contributed by atoms with Crippen LogP contribution in [0.4, 0.5) is 5.69 Å². The number of hydrogen-bond acceptors (Lipinski definition) is 4. The largest absolute Gasteiger partial charge is 0.421 e. The molecule has 28 heavy (non-hydrogen) atoms. The van der Waals surface area contributed by atoms with Crippen molar-refractivity contribution in [3.63, 3.8) is 0 Å². The molecule has 142 valence electrons. The Morgan fingerprint density at radius 2 is 1.54 bits per heavy atom. The molecule has 0 unspecified atom stereocenters. The van der Waals surface area contributed by atoms with E-state index in [0.29, 0.717) is 17.5 Å². The molecule has 2 aromatic rings. The van der Waals surface area contributed by atoms with Crippen LogP contribution in [0.25, 0.3) is 0 Å². The summed E-state index contributed by atoms with van der Waals surface area (Å²) >= 11 is 6.08. The van der Waals surface area contributed by atoms with Crippen LogP contribution in [0, 0.1) is 23.7 Å². The number of carbonyl (C=O) groups excluding carboxylic acids is 3. The lowest BCUT2D eigenvalue weighted by atomic mass is 9.81. The zero-order valence-electron chi connectivity index (χ0n) is 15.0. The fourth-order valence-electron chi connectivity index (χ4n) is 5.16. The first-order valence-corrected chi connectivity index (χ1v) is 9.87. The molecule has 2 saturated carbocycles. The van der Waals surface area contributed by atoms with Gasteiger partial charge in [0.15, 0.2) is 5.75 Å². The van der Waals surface area contributed by atoms with E-state index >= 15 is 0 Å². The summed E-state index contributed by atoms with van der Waals surface area (Å²) in [6, 6.07) is 13.3. The van der Waals surface area contributed by atoms with Crippen molar-refractivity contribution in [3.8, 4) is 5.75 Å². The van der Waals surface area contributed by atoms with Crippen LogP contribution in [0.1, 0.15) is 29.6 Å². The van der Waals surface area contributed by atoms with Gasteiger partial charge in [-0.15, -0.1) is 0 Å². The number of fused-ring (bicyclic) bond motifs is 5. The van der Waals surface area contributed by atoms with E-state index in [4.69, 9.17) is 16.3 Å². The monoisotopic (exact) mass is 395 g/mol. The molecule has 3 aliphatic rings. The average molecular weight is 396 g/mol. The third-order valence-electron chi connectivity index (χ3n) is 6.33. The molecule has 0 N–H and O–H groups in total. The molecule has 0 aromatic heterocycles. The Labute approximate surface area is 167 Å². The van der Waals surface area contributed by atoms with E-state index in [1.807, 2.05) is 0 Å². The van der Waals surface area contributed by atoms with Crippen molar-refractivity contribution in [2.45, 2.75) is 19.3 Å². The second-order valence-corrected chi connectivity index (χ2v) is 8.14. The van der Waals surface area contributed by atoms with Crippen LogP contribution in [0.2, 0.25) is 5.02 Å². The first-order valence-electron chi connectivity index (χ1n) is 9.50. The first kappa shape index (κ1) is 17.4. The summed E-state index contributed by atoms with van der Waals surface area (Å²) in [4.78, 5) is 40.0. The van der Waals surface area contributed by atoms with Gasteiger partial charge in [-0.3, -0.25) is 9.59 Å². The van der Waals surface area contributed by atoms with Crippen molar-refractivity contribution in [1.82, 2.24) is 0 Å². The highest BCUT2D eigenvalue weighted by molar-refractivity contribution is 6.33. The maximum Gasteiger partial charge on any atom is 0.345 e. The predicted octanol–water partition coefficient (Wildman–Crippen LogP) is 4.09. The molecular weight excluding hydrogens is 378 g/mol. The van der Waals surface area contributed by atoms with Crippen molar-refractivity contribution in [1.29, 1.82) is 0 Å². The van der Waals surface area contributed by atoms with Crippen LogP contribution < -0.4 is 9.64 Å². The number of anilines is 1. The zero-order valence-corrected chi connectivity index (χ0v) is 15.8. The maximum absolute atomic E-state index is 13.1. The number of hydrogen-bond donors (Lipinski definition) is 0. The second kappa shape index (κ2) is 6.45. The van der Waals surface area contributed by atoms with Crippen LogP contribution in [0.5, 0.6) is 5.75 Å². The normalized spacial score (nSPS) is 28.0. The molecule has 2 bridgehead atoms. The predicted molar refractivity (Wildman–Crippen MR) is 103 cm³/mol. The van der Waals surface area contributed by atoms with Gasteiger partial charge in [0.05, 0.1) is 28.1 Å². The van der Waals surface area contributed by atoms with Crippen LogP contribution in [-0.2, 0) is 9.59 Å². The number of benzene rings is 2. The van der Waals surface area contributed by atoms with E-state index < -0.39 is 5.97 Å². The van der Waals surface area contributed by atoms with Gasteiger partial charge >= 0.3 is 5.97 Å². The number of ether oxygens (including phenoxy) is 1. The van der Waals surface area contributed by atoms with E-state index in [0.717, 1.165) is 19.3 Å². The Hall–Kier alpha value is -2.66. The minimum absolute atomic E-state index is 0.163. The van der Waals surface area contributed by atoms with Crippen molar-refractivity contribution >= 4 is 35.1 Å². The molecule has 1 aliphatic heterocycles. The van der Waals surface area contributed by atoms with Gasteiger partial charge in [0.25, 0.3) is 0 Å². The smallest absolute Gasteiger partial charge is 0.345 e. The molecule has 2 aromatic carbocycles. The van der Waals surface area contributed by atoms with Crippen LogP contribution in [0.3, 0.4) is 0 Å². The molecule has 5 nitrogen and oxygen atoms in total. The van der Waals surface area contributed by atoms with E-state index in [2.05, 4.69) is 0 Å². The highest BCUT2D eigenvalue weighted by atomic mass is 35.5. The van der Waals surface area contributed by atoms with Gasteiger partial charge in [-0.1, -0.05) is 35.9 Å². The van der Waals surface area contributed by atoms with Crippen molar-refractivity contribution in [3.05, 3.63) is 59.1 Å². The molecule has 0 spiro atoms. The number of rotatable bonds is 3. The van der Waals surface area contributed by atoms with Gasteiger partial charge < -0.3 is 4.74 Å². The molecule has 5 rings (SSSR count). The molecule has 0 radical (unpaired) electrons. The Morgan fingerprint density at radius 3 is 2.21 bits per heavy atom. The van der Waals surface area contributed by atoms with Gasteiger partial charge in [0.1, 0.15) is 0 Å². The number of nitrogens with zero attached hydrogens (tertiary/aromatic N) is 1. The summed E-state index contributed by atoms with van der Waals surface area (Å²) in [6.07, 6.45) is 3.01. The molecular formula is C22H18ClNO4. The number of esters is 1. The van der Waals surface area contributed by atoms with Gasteiger partial charge in [0, 0.05) is 0 Å². The highest BCUT2D eigenvalue weighted by Gasteiger charge is 2.61. The van der Waals surface area contributed by atoms with E-state index in [9.17, 15) is 14.4 Å². The summed E-state index contributed by atoms with van der Waals surface area (Å²) in [5.74, 6) is -0.619. The van der Waals surface area contributed by atoms with Crippen molar-refractivity contribution in [2.24, 2.45) is 23.7 Å². The third-order valence-corrected chi connectivity index (χ3v) is 6.66. The Balaban J connectivity index is 1.48. The first-order chi connectivity index (χ1) is 13.6. The van der Waals surface area contributed by atoms with Gasteiger partial charge in [-0.05, 0) is 55.4 Å². The lowest BCUT2D eigenvalue weighted by molar-refractivity contribution is -0.123. The summed E-state index contributed by atoms with van der Waals surface area (Å²) in [6.45, 7) is 0. The molecule has 1 saturated heterocycles. The zero-order chi connectivity index (χ0) is 19.4. The summed E-state index contributed by atoms with van der Waals surface area (Å²) in [5.41, 5.74) is 0.555. The van der Waals surface area contributed by atoms with Crippen molar-refractivity contribution < 1.29 is 19.1 Å². The summed E-state index contributed by atoms with van der Waals surface area (Å²) in [5, 5.41) is 0.282. The second-order valence-electron chi connectivity index (χ2n) is 7.73. The van der Waals surface area contributed by atoms with Gasteiger partial charge in [0.2, 0.25) is 11.8 Å². The third kappa shape index (κ3) is 2.49. The minimum atomic E-state index is -0.627. The topological polar surface area (TPSA) is 63.7 Å². The number of carbonyl (C=O) groups is 3. The molecule has 6 heteroatoms. The Bertz CT molecular complexity index is 976. The number of amides is 2. The summed E-state index contributed by atoms with van der Waals surface area (Å²) < 4.78 is 5.54. The highest BCUT2D eigenvalue weighted by Crippen LogP contribution is 2.57. The molecule has 3 fully saturated rings. The Kier molecular flexibility index (Phi) is 4.02. The number of imide groups is 1. The number of halogens is 1. The van der Waals surface area contributed by atoms with Crippen LogP contribution in [0.15, 0.2) is 48.5 Å². The molecule has 2 aliphatic carbocycles. The summed E-state index contributed by atoms with van der Waals surface area (Å²) in [7, 11) is 0. The van der Waals surface area contributed by atoms with Crippen LogP contribution in [-0.4, -0.2) is 17.8 Å². The van der Waals surface area contributed by atoms with E-state index in [1.54, 1.807) is 48.5 Å². The minimum Gasteiger partial charge on any atom is -0.421 e. The fourth-order valence-corrected chi connectivity index (χ4v) is 5.37. The van der Waals surface area contributed by atoms with Crippen molar-refractivity contribution in [2.75, 3.05) is 4.90 Å². The average Bonchev–Trinajstić information content (AvgIpc) is 3.37.